The van der Waals surface area contributed by atoms with Gasteiger partial charge in [0.25, 0.3) is 10.0 Å². The van der Waals surface area contributed by atoms with E-state index in [1.165, 1.54) is 24.2 Å². The Kier molecular flexibility index (Phi) is 4.41. The second-order valence-corrected chi connectivity index (χ2v) is 9.69. The number of nitrogens with one attached hydrogen (secondary N) is 1. The second kappa shape index (κ2) is 5.99. The molecule has 118 valence electrons. The zero-order chi connectivity index (χ0) is 15.0. The van der Waals surface area contributed by atoms with Crippen LogP contribution in [0.1, 0.15) is 37.5 Å². The van der Waals surface area contributed by atoms with Gasteiger partial charge in [-0.3, -0.25) is 0 Å². The molecule has 1 aromatic rings. The molecule has 2 fully saturated rings. The van der Waals surface area contributed by atoms with Gasteiger partial charge in [0, 0.05) is 30.6 Å². The van der Waals surface area contributed by atoms with Gasteiger partial charge in [-0.15, -0.1) is 11.3 Å². The molecule has 1 heterocycles. The molecule has 2 aliphatic carbocycles. The van der Waals surface area contributed by atoms with E-state index in [0.717, 1.165) is 30.7 Å². The fourth-order valence-electron chi connectivity index (χ4n) is 2.55. The highest BCUT2D eigenvalue weighted by molar-refractivity contribution is 7.91. The normalized spacial score (nSPS) is 20.9. The number of hydrogen-bond acceptors (Lipinski definition) is 4. The number of hydrogen-bond donors (Lipinski definition) is 1. The van der Waals surface area contributed by atoms with E-state index < -0.39 is 10.0 Å². The maximum atomic E-state index is 12.6. The van der Waals surface area contributed by atoms with E-state index >= 15 is 0 Å². The van der Waals surface area contributed by atoms with Crippen LogP contribution in [-0.2, 0) is 16.4 Å². The lowest BCUT2D eigenvalue weighted by Crippen LogP contribution is -2.36. The highest BCUT2D eigenvalue weighted by Crippen LogP contribution is 2.37. The summed E-state index contributed by atoms with van der Waals surface area (Å²) in [7, 11) is -1.61. The average molecular weight is 329 g/mol. The molecular formula is C15H24N2O2S2. The molecule has 1 unspecified atom stereocenters. The molecule has 21 heavy (non-hydrogen) atoms. The van der Waals surface area contributed by atoms with E-state index in [9.17, 15) is 8.42 Å². The van der Waals surface area contributed by atoms with E-state index in [-0.39, 0.29) is 6.04 Å². The summed E-state index contributed by atoms with van der Waals surface area (Å²) in [6.45, 7) is 2.96. The van der Waals surface area contributed by atoms with Crippen molar-refractivity contribution < 1.29 is 8.42 Å². The van der Waals surface area contributed by atoms with Gasteiger partial charge in [-0.1, -0.05) is 0 Å². The molecule has 1 N–H and O–H groups in total. The van der Waals surface area contributed by atoms with Crippen molar-refractivity contribution in [1.29, 1.82) is 0 Å². The Bertz CT molecular complexity index is 589. The molecule has 1 atom stereocenters. The maximum absolute atomic E-state index is 12.6. The van der Waals surface area contributed by atoms with Crippen LogP contribution in [0.5, 0.6) is 0 Å². The number of sulfonamides is 1. The van der Waals surface area contributed by atoms with Gasteiger partial charge in [0.15, 0.2) is 0 Å². The summed E-state index contributed by atoms with van der Waals surface area (Å²) in [6, 6.07) is 4.54. The van der Waals surface area contributed by atoms with Crippen LogP contribution in [-0.4, -0.2) is 38.4 Å². The lowest BCUT2D eigenvalue weighted by molar-refractivity contribution is 0.358. The third-order valence-electron chi connectivity index (χ3n) is 4.53. The molecule has 4 nitrogen and oxygen atoms in total. The van der Waals surface area contributed by atoms with Gasteiger partial charge in [-0.25, -0.2) is 8.42 Å². The minimum Gasteiger partial charge on any atom is -0.314 e. The highest BCUT2D eigenvalue weighted by Gasteiger charge is 2.36. The third-order valence-corrected chi connectivity index (χ3v) is 8.09. The van der Waals surface area contributed by atoms with Gasteiger partial charge in [0.2, 0.25) is 0 Å². The Morgan fingerprint density at radius 3 is 2.67 bits per heavy atom. The average Bonchev–Trinajstić information content (AvgIpc) is 3.36. The highest BCUT2D eigenvalue weighted by atomic mass is 32.2. The predicted molar refractivity (Wildman–Crippen MR) is 86.2 cm³/mol. The molecule has 0 radical (unpaired) electrons. The van der Waals surface area contributed by atoms with Crippen molar-refractivity contribution in [3.63, 3.8) is 0 Å². The lowest BCUT2D eigenvalue weighted by Gasteiger charge is -2.23. The number of rotatable bonds is 8. The van der Waals surface area contributed by atoms with Crippen molar-refractivity contribution in [1.82, 2.24) is 9.62 Å². The molecule has 0 spiro atoms. The molecule has 0 saturated heterocycles. The molecule has 1 aromatic heterocycles. The summed E-state index contributed by atoms with van der Waals surface area (Å²) in [6.07, 6.45) is 5.80. The van der Waals surface area contributed by atoms with Crippen LogP contribution in [0.3, 0.4) is 0 Å². The Labute approximate surface area is 131 Å². The quantitative estimate of drug-likeness (QED) is 0.797. The minimum absolute atomic E-state index is 0.108. The van der Waals surface area contributed by atoms with Crippen LogP contribution in [0.25, 0.3) is 0 Å². The molecule has 0 aliphatic heterocycles. The van der Waals surface area contributed by atoms with Crippen LogP contribution in [0.4, 0.5) is 0 Å². The zero-order valence-electron chi connectivity index (χ0n) is 12.7. The van der Waals surface area contributed by atoms with Crippen molar-refractivity contribution in [2.24, 2.45) is 5.92 Å². The van der Waals surface area contributed by atoms with Crippen LogP contribution in [0, 0.1) is 5.92 Å². The minimum atomic E-state index is -3.32. The largest absolute Gasteiger partial charge is 0.314 e. The maximum Gasteiger partial charge on any atom is 0.252 e. The third kappa shape index (κ3) is 3.67. The van der Waals surface area contributed by atoms with Gasteiger partial charge < -0.3 is 5.32 Å². The summed E-state index contributed by atoms with van der Waals surface area (Å²) in [5, 5.41) is 3.46. The first-order valence-electron chi connectivity index (χ1n) is 7.78. The summed E-state index contributed by atoms with van der Waals surface area (Å²) in [5.74, 6) is 0.548. The predicted octanol–water partition coefficient (Wildman–Crippen LogP) is 2.46. The van der Waals surface area contributed by atoms with E-state index in [4.69, 9.17) is 0 Å². The first kappa shape index (κ1) is 15.5. The molecule has 2 aliphatic rings. The Morgan fingerprint density at radius 2 is 2.05 bits per heavy atom. The van der Waals surface area contributed by atoms with Crippen LogP contribution in [0.15, 0.2) is 16.3 Å². The van der Waals surface area contributed by atoms with Gasteiger partial charge in [-0.05, 0) is 57.1 Å². The van der Waals surface area contributed by atoms with Crippen LogP contribution >= 0.6 is 11.3 Å². The molecule has 3 rings (SSSR count). The molecule has 0 aromatic carbocycles. The lowest BCUT2D eigenvalue weighted by atomic mass is 10.2. The summed E-state index contributed by atoms with van der Waals surface area (Å²) in [5.41, 5.74) is 0. The SMILES string of the molecule is CC(C1CC1)N(C)S(=O)(=O)c1ccc(CCNC2CC2)s1. The van der Waals surface area contributed by atoms with Crippen molar-refractivity contribution in [2.75, 3.05) is 13.6 Å². The number of thiophene rings is 1. The molecule has 0 bridgehead atoms. The van der Waals surface area contributed by atoms with Gasteiger partial charge >= 0.3 is 0 Å². The smallest absolute Gasteiger partial charge is 0.252 e. The van der Waals surface area contributed by atoms with E-state index in [1.807, 2.05) is 13.0 Å². The van der Waals surface area contributed by atoms with E-state index in [0.29, 0.717) is 16.2 Å². The first-order valence-corrected chi connectivity index (χ1v) is 10.0. The van der Waals surface area contributed by atoms with E-state index in [2.05, 4.69) is 5.32 Å². The topological polar surface area (TPSA) is 49.4 Å². The summed E-state index contributed by atoms with van der Waals surface area (Å²) >= 11 is 1.42. The summed E-state index contributed by atoms with van der Waals surface area (Å²) in [4.78, 5) is 1.15. The molecular weight excluding hydrogens is 304 g/mol. The Morgan fingerprint density at radius 1 is 1.33 bits per heavy atom. The van der Waals surface area contributed by atoms with Gasteiger partial charge in [0.1, 0.15) is 4.21 Å². The van der Waals surface area contributed by atoms with Crippen molar-refractivity contribution in [3.05, 3.63) is 17.0 Å². The van der Waals surface area contributed by atoms with Crippen molar-refractivity contribution >= 4 is 21.4 Å². The van der Waals surface area contributed by atoms with E-state index in [1.54, 1.807) is 17.4 Å². The van der Waals surface area contributed by atoms with Crippen molar-refractivity contribution in [2.45, 2.75) is 55.3 Å². The second-order valence-electron chi connectivity index (χ2n) is 6.30. The fourth-order valence-corrected chi connectivity index (χ4v) is 5.52. The van der Waals surface area contributed by atoms with Crippen LogP contribution in [0.2, 0.25) is 0 Å². The monoisotopic (exact) mass is 328 g/mol. The molecule has 6 heteroatoms. The molecule has 0 amide bonds. The summed E-state index contributed by atoms with van der Waals surface area (Å²) < 4.78 is 27.3. The first-order chi connectivity index (χ1) is 9.98. The zero-order valence-corrected chi connectivity index (χ0v) is 14.3. The van der Waals surface area contributed by atoms with Crippen LogP contribution < -0.4 is 5.32 Å². The van der Waals surface area contributed by atoms with Crippen molar-refractivity contribution in [3.8, 4) is 0 Å². The van der Waals surface area contributed by atoms with Gasteiger partial charge in [-0.2, -0.15) is 4.31 Å². The van der Waals surface area contributed by atoms with Gasteiger partial charge in [0.05, 0.1) is 0 Å². The standard InChI is InChI=1S/C15H24N2O2S2/c1-11(12-3-4-12)17(2)21(18,19)15-8-7-14(20-15)9-10-16-13-5-6-13/h7-8,11-13,16H,3-6,9-10H2,1-2H3. The molecule has 2 saturated carbocycles. The Hall–Kier alpha value is -0.430. The number of nitrogens with zero attached hydrogens (tertiary/aromatic N) is 1. The Balaban J connectivity index is 1.62. The fraction of sp³-hybridized carbons (Fsp3) is 0.733.